The van der Waals surface area contributed by atoms with E-state index in [1.54, 1.807) is 16.8 Å². The fraction of sp³-hybridized carbons (Fsp3) is 0.412. The van der Waals surface area contributed by atoms with Gasteiger partial charge in [-0.15, -0.1) is 0 Å². The first-order chi connectivity index (χ1) is 11.0. The smallest absolute Gasteiger partial charge is 0.224 e. The van der Waals surface area contributed by atoms with E-state index < -0.39 is 0 Å². The second-order valence-electron chi connectivity index (χ2n) is 5.57. The molecule has 0 aliphatic heterocycles. The van der Waals surface area contributed by atoms with Crippen molar-refractivity contribution in [2.24, 2.45) is 0 Å². The molecule has 0 bridgehead atoms. The minimum Gasteiger partial charge on any atom is -0.394 e. The summed E-state index contributed by atoms with van der Waals surface area (Å²) in [7, 11) is 0. The zero-order valence-electron chi connectivity index (χ0n) is 13.6. The predicted molar refractivity (Wildman–Crippen MR) is 86.0 cm³/mol. The molecule has 0 saturated carbocycles. The summed E-state index contributed by atoms with van der Waals surface area (Å²) in [4.78, 5) is 12.1. The Morgan fingerprint density at radius 2 is 2.00 bits per heavy atom. The highest BCUT2D eigenvalue weighted by Gasteiger charge is 2.17. The number of aliphatic hydroxyl groups is 1. The second-order valence-corrected chi connectivity index (χ2v) is 5.57. The number of halogens is 1. The van der Waals surface area contributed by atoms with Crippen molar-refractivity contribution in [2.75, 3.05) is 6.61 Å². The average molecular weight is 319 g/mol. The van der Waals surface area contributed by atoms with Gasteiger partial charge in [0.2, 0.25) is 5.91 Å². The molecule has 0 fully saturated rings. The minimum absolute atomic E-state index is 0.0744. The van der Waals surface area contributed by atoms with E-state index in [9.17, 15) is 9.18 Å². The van der Waals surface area contributed by atoms with Gasteiger partial charge in [-0.1, -0.05) is 6.92 Å². The summed E-state index contributed by atoms with van der Waals surface area (Å²) in [6.07, 6.45) is 0.879. The van der Waals surface area contributed by atoms with Gasteiger partial charge in [-0.3, -0.25) is 4.79 Å². The lowest BCUT2D eigenvalue weighted by molar-refractivity contribution is -0.121. The maximum absolute atomic E-state index is 13.0. The van der Waals surface area contributed by atoms with Crippen molar-refractivity contribution in [3.8, 4) is 5.69 Å². The number of carbonyl (C=O) groups excluding carboxylic acids is 1. The predicted octanol–water partition coefficient (Wildman–Crippen LogP) is 2.06. The van der Waals surface area contributed by atoms with E-state index in [-0.39, 0.29) is 30.8 Å². The van der Waals surface area contributed by atoms with Crippen LogP contribution < -0.4 is 5.32 Å². The Labute approximate surface area is 135 Å². The van der Waals surface area contributed by atoms with Crippen LogP contribution in [-0.4, -0.2) is 33.4 Å². The Morgan fingerprint density at radius 3 is 2.57 bits per heavy atom. The third-order valence-electron chi connectivity index (χ3n) is 3.93. The molecule has 2 aromatic rings. The third kappa shape index (κ3) is 3.96. The second kappa shape index (κ2) is 7.37. The van der Waals surface area contributed by atoms with Gasteiger partial charge in [0.05, 0.1) is 30.5 Å². The van der Waals surface area contributed by atoms with Crippen molar-refractivity contribution >= 4 is 5.91 Å². The summed E-state index contributed by atoms with van der Waals surface area (Å²) in [6.45, 7) is 5.56. The highest BCUT2D eigenvalue weighted by Crippen LogP contribution is 2.19. The molecule has 0 saturated heterocycles. The number of hydrogen-bond acceptors (Lipinski definition) is 3. The number of hydrogen-bond donors (Lipinski definition) is 2. The molecule has 0 aliphatic rings. The molecule has 0 spiro atoms. The molecule has 0 aliphatic carbocycles. The standard InChI is InChI=1S/C17H22FN3O2/c1-4-14(10-22)19-17(23)9-16-11(2)20-21(12(16)3)15-7-5-13(18)6-8-15/h5-8,14,22H,4,9-10H2,1-3H3,(H,19,23). The zero-order valence-corrected chi connectivity index (χ0v) is 13.6. The number of aliphatic hydroxyl groups excluding tert-OH is 1. The lowest BCUT2D eigenvalue weighted by Gasteiger charge is -2.14. The highest BCUT2D eigenvalue weighted by atomic mass is 19.1. The molecule has 5 nitrogen and oxygen atoms in total. The number of aromatic nitrogens is 2. The fourth-order valence-corrected chi connectivity index (χ4v) is 2.48. The van der Waals surface area contributed by atoms with Crippen molar-refractivity contribution < 1.29 is 14.3 Å². The van der Waals surface area contributed by atoms with E-state index in [4.69, 9.17) is 5.11 Å². The van der Waals surface area contributed by atoms with E-state index >= 15 is 0 Å². The average Bonchev–Trinajstić information content (AvgIpc) is 2.81. The molecule has 2 N–H and O–H groups in total. The van der Waals surface area contributed by atoms with Crippen LogP contribution in [-0.2, 0) is 11.2 Å². The Balaban J connectivity index is 2.21. The van der Waals surface area contributed by atoms with Gasteiger partial charge in [0.1, 0.15) is 5.82 Å². The Kier molecular flexibility index (Phi) is 5.50. The Bertz CT molecular complexity index is 676. The first-order valence-corrected chi connectivity index (χ1v) is 7.67. The molecular formula is C17H22FN3O2. The van der Waals surface area contributed by atoms with E-state index in [1.165, 1.54) is 12.1 Å². The van der Waals surface area contributed by atoms with Crippen LogP contribution in [0.5, 0.6) is 0 Å². The molecule has 1 unspecified atom stereocenters. The van der Waals surface area contributed by atoms with Crippen LogP contribution in [0.2, 0.25) is 0 Å². The summed E-state index contributed by atoms with van der Waals surface area (Å²) in [6, 6.07) is 5.83. The minimum atomic E-state index is -0.301. The summed E-state index contributed by atoms with van der Waals surface area (Å²) in [5, 5.41) is 16.4. The molecular weight excluding hydrogens is 297 g/mol. The number of aryl methyl sites for hydroxylation is 1. The third-order valence-corrected chi connectivity index (χ3v) is 3.93. The Hall–Kier alpha value is -2.21. The van der Waals surface area contributed by atoms with E-state index in [0.29, 0.717) is 6.42 Å². The van der Waals surface area contributed by atoms with Crippen LogP contribution in [0, 0.1) is 19.7 Å². The number of rotatable bonds is 6. The molecule has 1 amide bonds. The highest BCUT2D eigenvalue weighted by molar-refractivity contribution is 5.79. The quantitative estimate of drug-likeness (QED) is 0.856. The van der Waals surface area contributed by atoms with Crippen LogP contribution in [0.4, 0.5) is 4.39 Å². The van der Waals surface area contributed by atoms with Crippen molar-refractivity contribution in [2.45, 2.75) is 39.7 Å². The normalized spacial score (nSPS) is 12.2. The van der Waals surface area contributed by atoms with Crippen LogP contribution in [0.1, 0.15) is 30.3 Å². The molecule has 23 heavy (non-hydrogen) atoms. The van der Waals surface area contributed by atoms with Gasteiger partial charge in [-0.2, -0.15) is 5.10 Å². The molecule has 124 valence electrons. The van der Waals surface area contributed by atoms with Gasteiger partial charge in [-0.25, -0.2) is 9.07 Å². The van der Waals surface area contributed by atoms with E-state index in [1.807, 2.05) is 20.8 Å². The van der Waals surface area contributed by atoms with Gasteiger partial charge < -0.3 is 10.4 Å². The van der Waals surface area contributed by atoms with Gasteiger partial charge in [0.25, 0.3) is 0 Å². The molecule has 1 heterocycles. The molecule has 1 atom stereocenters. The van der Waals surface area contributed by atoms with Crippen LogP contribution in [0.15, 0.2) is 24.3 Å². The fourth-order valence-electron chi connectivity index (χ4n) is 2.48. The maximum atomic E-state index is 13.0. The van der Waals surface area contributed by atoms with Gasteiger partial charge in [0, 0.05) is 11.3 Å². The topological polar surface area (TPSA) is 67.2 Å². The number of nitrogens with zero attached hydrogens (tertiary/aromatic N) is 2. The number of amides is 1. The monoisotopic (exact) mass is 319 g/mol. The zero-order chi connectivity index (χ0) is 17.0. The van der Waals surface area contributed by atoms with Gasteiger partial charge in [-0.05, 0) is 44.5 Å². The Morgan fingerprint density at radius 1 is 1.35 bits per heavy atom. The van der Waals surface area contributed by atoms with Crippen LogP contribution >= 0.6 is 0 Å². The lowest BCUT2D eigenvalue weighted by Crippen LogP contribution is -2.38. The van der Waals surface area contributed by atoms with E-state index in [2.05, 4.69) is 10.4 Å². The molecule has 2 rings (SSSR count). The lowest BCUT2D eigenvalue weighted by atomic mass is 10.1. The van der Waals surface area contributed by atoms with E-state index in [0.717, 1.165) is 22.6 Å². The van der Waals surface area contributed by atoms with Crippen molar-refractivity contribution in [1.29, 1.82) is 0 Å². The number of benzene rings is 1. The summed E-state index contributed by atoms with van der Waals surface area (Å²) in [5.41, 5.74) is 3.21. The van der Waals surface area contributed by atoms with Gasteiger partial charge >= 0.3 is 0 Å². The summed E-state index contributed by atoms with van der Waals surface area (Å²) >= 11 is 0. The largest absolute Gasteiger partial charge is 0.394 e. The summed E-state index contributed by atoms with van der Waals surface area (Å²) in [5.74, 6) is -0.444. The molecule has 1 aromatic heterocycles. The molecule has 1 aromatic carbocycles. The first-order valence-electron chi connectivity index (χ1n) is 7.67. The number of carbonyl (C=O) groups is 1. The maximum Gasteiger partial charge on any atom is 0.224 e. The van der Waals surface area contributed by atoms with Crippen molar-refractivity contribution in [3.05, 3.63) is 47.0 Å². The molecule has 0 radical (unpaired) electrons. The van der Waals surface area contributed by atoms with Crippen molar-refractivity contribution in [3.63, 3.8) is 0 Å². The molecule has 6 heteroatoms. The van der Waals surface area contributed by atoms with Crippen molar-refractivity contribution in [1.82, 2.24) is 15.1 Å². The number of nitrogens with one attached hydrogen (secondary N) is 1. The van der Waals surface area contributed by atoms with Crippen LogP contribution in [0.3, 0.4) is 0 Å². The van der Waals surface area contributed by atoms with Crippen LogP contribution in [0.25, 0.3) is 5.69 Å². The SMILES string of the molecule is CCC(CO)NC(=O)Cc1c(C)nn(-c2ccc(F)cc2)c1C. The summed E-state index contributed by atoms with van der Waals surface area (Å²) < 4.78 is 14.8. The van der Waals surface area contributed by atoms with Gasteiger partial charge in [0.15, 0.2) is 0 Å². The first kappa shape index (κ1) is 17.1.